The van der Waals surface area contributed by atoms with Gasteiger partial charge >= 0.3 is 0 Å². The van der Waals surface area contributed by atoms with Gasteiger partial charge in [-0.05, 0) is 18.1 Å². The van der Waals surface area contributed by atoms with Gasteiger partial charge in [0, 0.05) is 21.8 Å². The van der Waals surface area contributed by atoms with Crippen LogP contribution in [0.4, 0.5) is 5.82 Å². The molecule has 1 aromatic carbocycles. The lowest BCUT2D eigenvalue weighted by atomic mass is 10.1. The number of rotatable bonds is 3. The van der Waals surface area contributed by atoms with Crippen LogP contribution in [0.5, 0.6) is 0 Å². The van der Waals surface area contributed by atoms with Crippen LogP contribution in [-0.4, -0.2) is 9.97 Å². The minimum absolute atomic E-state index is 0.328. The topological polar surface area (TPSA) is 63.8 Å². The Hall–Kier alpha value is -1.46. The fourth-order valence-electron chi connectivity index (χ4n) is 1.56. The molecule has 0 aliphatic rings. The molecule has 4 nitrogen and oxygen atoms in total. The number of nitrogens with zero attached hydrogens (tertiary/aromatic N) is 2. The highest BCUT2D eigenvalue weighted by Gasteiger charge is 2.08. The van der Waals surface area contributed by atoms with Crippen LogP contribution in [0.3, 0.4) is 0 Å². The molecule has 0 aliphatic heterocycles. The van der Waals surface area contributed by atoms with Crippen molar-refractivity contribution in [1.82, 2.24) is 9.97 Å². The SMILES string of the molecule is CC(C)c1cc(NN)nc(-c2ccc(Br)cc2)n1. The molecule has 1 heterocycles. The van der Waals surface area contributed by atoms with Gasteiger partial charge in [-0.3, -0.25) is 0 Å². The maximum atomic E-state index is 5.44. The van der Waals surface area contributed by atoms with Gasteiger partial charge in [0.1, 0.15) is 5.82 Å². The number of nitrogen functional groups attached to an aromatic ring is 1. The molecule has 0 spiro atoms. The van der Waals surface area contributed by atoms with E-state index in [1.165, 1.54) is 0 Å². The van der Waals surface area contributed by atoms with Gasteiger partial charge in [0.2, 0.25) is 0 Å². The van der Waals surface area contributed by atoms with Crippen molar-refractivity contribution >= 4 is 21.7 Å². The van der Waals surface area contributed by atoms with Crippen molar-refractivity contribution in [2.45, 2.75) is 19.8 Å². The van der Waals surface area contributed by atoms with Gasteiger partial charge in [0.25, 0.3) is 0 Å². The van der Waals surface area contributed by atoms with Crippen molar-refractivity contribution in [2.24, 2.45) is 5.84 Å². The Morgan fingerprint density at radius 2 is 1.83 bits per heavy atom. The summed E-state index contributed by atoms with van der Waals surface area (Å²) in [5.41, 5.74) is 4.52. The van der Waals surface area contributed by atoms with Crippen LogP contribution in [0.1, 0.15) is 25.5 Å². The summed E-state index contributed by atoms with van der Waals surface area (Å²) >= 11 is 3.41. The van der Waals surface area contributed by atoms with E-state index in [-0.39, 0.29) is 0 Å². The molecule has 0 saturated heterocycles. The third kappa shape index (κ3) is 2.86. The molecule has 0 atom stereocenters. The van der Waals surface area contributed by atoms with E-state index in [9.17, 15) is 0 Å². The average Bonchev–Trinajstić information content (AvgIpc) is 2.39. The molecule has 94 valence electrons. The van der Waals surface area contributed by atoms with E-state index < -0.39 is 0 Å². The van der Waals surface area contributed by atoms with Crippen molar-refractivity contribution < 1.29 is 0 Å². The maximum Gasteiger partial charge on any atom is 0.161 e. The highest BCUT2D eigenvalue weighted by Crippen LogP contribution is 2.22. The van der Waals surface area contributed by atoms with E-state index >= 15 is 0 Å². The van der Waals surface area contributed by atoms with Crippen LogP contribution in [-0.2, 0) is 0 Å². The summed E-state index contributed by atoms with van der Waals surface area (Å²) in [6.07, 6.45) is 0. The number of hydrogen-bond acceptors (Lipinski definition) is 4. The lowest BCUT2D eigenvalue weighted by Gasteiger charge is -2.10. The van der Waals surface area contributed by atoms with Gasteiger partial charge in [-0.2, -0.15) is 0 Å². The van der Waals surface area contributed by atoms with Crippen LogP contribution in [0.2, 0.25) is 0 Å². The lowest BCUT2D eigenvalue weighted by Crippen LogP contribution is -2.11. The highest BCUT2D eigenvalue weighted by atomic mass is 79.9. The number of aromatic nitrogens is 2. The zero-order chi connectivity index (χ0) is 13.1. The predicted octanol–water partition coefficient (Wildman–Crippen LogP) is 3.32. The molecule has 0 aliphatic carbocycles. The summed E-state index contributed by atoms with van der Waals surface area (Å²) < 4.78 is 1.03. The third-order valence-corrected chi connectivity index (χ3v) is 3.12. The standard InChI is InChI=1S/C13H15BrN4/c1-8(2)11-7-12(18-15)17-13(16-11)9-3-5-10(14)6-4-9/h3-8H,15H2,1-2H3,(H,16,17,18). The van der Waals surface area contributed by atoms with Gasteiger partial charge in [-0.1, -0.05) is 41.9 Å². The second kappa shape index (κ2) is 5.46. The number of hydrazine groups is 1. The Labute approximate surface area is 115 Å². The van der Waals surface area contributed by atoms with E-state index in [1.54, 1.807) is 0 Å². The van der Waals surface area contributed by atoms with Crippen molar-refractivity contribution in [3.8, 4) is 11.4 Å². The molecule has 1 aromatic heterocycles. The molecule has 2 rings (SSSR count). The zero-order valence-corrected chi connectivity index (χ0v) is 11.9. The first-order valence-electron chi connectivity index (χ1n) is 5.71. The van der Waals surface area contributed by atoms with E-state index in [0.717, 1.165) is 15.7 Å². The Balaban J connectivity index is 2.49. The fraction of sp³-hybridized carbons (Fsp3) is 0.231. The summed E-state index contributed by atoms with van der Waals surface area (Å²) in [5.74, 6) is 7.08. The second-order valence-electron chi connectivity index (χ2n) is 4.31. The number of benzene rings is 1. The van der Waals surface area contributed by atoms with E-state index in [0.29, 0.717) is 17.6 Å². The Morgan fingerprint density at radius 1 is 1.17 bits per heavy atom. The normalized spacial score (nSPS) is 10.7. The summed E-state index contributed by atoms with van der Waals surface area (Å²) in [7, 11) is 0. The lowest BCUT2D eigenvalue weighted by molar-refractivity contribution is 0.817. The van der Waals surface area contributed by atoms with Crippen molar-refractivity contribution in [3.05, 3.63) is 40.5 Å². The van der Waals surface area contributed by atoms with E-state index in [4.69, 9.17) is 5.84 Å². The monoisotopic (exact) mass is 306 g/mol. The Kier molecular flexibility index (Phi) is 3.93. The second-order valence-corrected chi connectivity index (χ2v) is 5.22. The largest absolute Gasteiger partial charge is 0.308 e. The molecule has 5 heteroatoms. The molecular weight excluding hydrogens is 292 g/mol. The quantitative estimate of drug-likeness (QED) is 0.674. The fourth-order valence-corrected chi connectivity index (χ4v) is 1.83. The number of nitrogens with one attached hydrogen (secondary N) is 1. The Bertz CT molecular complexity index is 537. The molecule has 0 unspecified atom stereocenters. The van der Waals surface area contributed by atoms with Crippen LogP contribution >= 0.6 is 15.9 Å². The molecule has 0 amide bonds. The molecule has 2 aromatic rings. The van der Waals surface area contributed by atoms with Crippen molar-refractivity contribution in [2.75, 3.05) is 5.43 Å². The van der Waals surface area contributed by atoms with Crippen LogP contribution in [0.25, 0.3) is 11.4 Å². The van der Waals surface area contributed by atoms with Crippen molar-refractivity contribution in [1.29, 1.82) is 0 Å². The Morgan fingerprint density at radius 3 is 2.39 bits per heavy atom. The molecule has 0 saturated carbocycles. The van der Waals surface area contributed by atoms with Crippen LogP contribution in [0.15, 0.2) is 34.8 Å². The van der Waals surface area contributed by atoms with Crippen LogP contribution < -0.4 is 11.3 Å². The minimum Gasteiger partial charge on any atom is -0.308 e. The molecule has 3 N–H and O–H groups in total. The first-order chi connectivity index (χ1) is 8.60. The summed E-state index contributed by atoms with van der Waals surface area (Å²) in [4.78, 5) is 8.93. The minimum atomic E-state index is 0.328. The maximum absolute atomic E-state index is 5.44. The number of halogens is 1. The first kappa shape index (κ1) is 13.0. The van der Waals surface area contributed by atoms with E-state index in [1.807, 2.05) is 30.3 Å². The van der Waals surface area contributed by atoms with Gasteiger partial charge in [0.05, 0.1) is 0 Å². The number of nitrogens with two attached hydrogens (primary N) is 1. The predicted molar refractivity (Wildman–Crippen MR) is 77.1 cm³/mol. The van der Waals surface area contributed by atoms with Gasteiger partial charge < -0.3 is 5.43 Å². The van der Waals surface area contributed by atoms with Gasteiger partial charge in [-0.15, -0.1) is 0 Å². The van der Waals surface area contributed by atoms with Crippen LogP contribution in [0, 0.1) is 0 Å². The van der Waals surface area contributed by atoms with Gasteiger partial charge in [-0.25, -0.2) is 15.8 Å². The number of anilines is 1. The van der Waals surface area contributed by atoms with Crippen molar-refractivity contribution in [3.63, 3.8) is 0 Å². The number of hydrogen-bond donors (Lipinski definition) is 2. The molecular formula is C13H15BrN4. The summed E-state index contributed by atoms with van der Waals surface area (Å²) in [5, 5.41) is 0. The molecule has 0 bridgehead atoms. The summed E-state index contributed by atoms with van der Waals surface area (Å²) in [6, 6.07) is 9.76. The zero-order valence-electron chi connectivity index (χ0n) is 10.3. The smallest absolute Gasteiger partial charge is 0.161 e. The van der Waals surface area contributed by atoms with E-state index in [2.05, 4.69) is 45.2 Å². The highest BCUT2D eigenvalue weighted by molar-refractivity contribution is 9.10. The molecule has 0 fully saturated rings. The average molecular weight is 307 g/mol. The molecule has 0 radical (unpaired) electrons. The summed E-state index contributed by atoms with van der Waals surface area (Å²) in [6.45, 7) is 4.18. The van der Waals surface area contributed by atoms with Gasteiger partial charge in [0.15, 0.2) is 5.82 Å². The third-order valence-electron chi connectivity index (χ3n) is 2.59. The first-order valence-corrected chi connectivity index (χ1v) is 6.51. The molecule has 18 heavy (non-hydrogen) atoms.